The van der Waals surface area contributed by atoms with E-state index in [0.717, 1.165) is 4.68 Å². The average Bonchev–Trinajstić information content (AvgIpc) is 2.98. The highest BCUT2D eigenvalue weighted by Crippen LogP contribution is 2.30. The molecule has 0 saturated heterocycles. The number of carbonyl (C=O) groups excluding carboxylic acids is 1. The van der Waals surface area contributed by atoms with E-state index in [1.807, 2.05) is 0 Å². The van der Waals surface area contributed by atoms with Gasteiger partial charge in [-0.2, -0.15) is 5.10 Å². The van der Waals surface area contributed by atoms with Gasteiger partial charge in [0.1, 0.15) is 11.5 Å². The van der Waals surface area contributed by atoms with Gasteiger partial charge in [0.05, 0.1) is 5.56 Å². The van der Waals surface area contributed by atoms with Crippen molar-refractivity contribution in [3.63, 3.8) is 0 Å². The minimum atomic E-state index is -2.87. The Bertz CT molecular complexity index is 921. The fourth-order valence-electron chi connectivity index (χ4n) is 2.54. The lowest BCUT2D eigenvalue weighted by molar-refractivity contribution is 0.101. The highest BCUT2D eigenvalue weighted by Gasteiger charge is 2.23. The number of para-hydroxylation sites is 1. The Balaban J connectivity index is 1.97. The first-order valence-corrected chi connectivity index (χ1v) is 7.44. The number of rotatable bonds is 4. The van der Waals surface area contributed by atoms with Crippen LogP contribution in [0.1, 0.15) is 22.5 Å². The van der Waals surface area contributed by atoms with Gasteiger partial charge < -0.3 is 5.32 Å². The summed E-state index contributed by atoms with van der Waals surface area (Å²) in [6.07, 6.45) is -1.65. The monoisotopic (exact) mass is 345 g/mol. The van der Waals surface area contributed by atoms with Crippen molar-refractivity contribution in [1.82, 2.24) is 9.78 Å². The van der Waals surface area contributed by atoms with Crippen LogP contribution >= 0.6 is 0 Å². The molecule has 1 aromatic heterocycles. The number of alkyl halides is 2. The van der Waals surface area contributed by atoms with E-state index in [2.05, 4.69) is 10.4 Å². The zero-order valence-electron chi connectivity index (χ0n) is 13.2. The van der Waals surface area contributed by atoms with Crippen molar-refractivity contribution in [1.29, 1.82) is 0 Å². The van der Waals surface area contributed by atoms with E-state index < -0.39 is 23.8 Å². The van der Waals surface area contributed by atoms with Crippen LogP contribution in [-0.4, -0.2) is 15.7 Å². The minimum Gasteiger partial charge on any atom is -0.321 e. The maximum atomic E-state index is 14.1. The summed E-state index contributed by atoms with van der Waals surface area (Å²) in [6, 6.07) is 12.7. The number of nitrogens with zero attached hydrogens (tertiary/aromatic N) is 2. The second-order valence-electron chi connectivity index (χ2n) is 5.38. The van der Waals surface area contributed by atoms with E-state index in [4.69, 9.17) is 0 Å². The van der Waals surface area contributed by atoms with Gasteiger partial charge in [-0.3, -0.25) is 9.48 Å². The molecule has 0 unspecified atom stereocenters. The number of benzene rings is 2. The van der Waals surface area contributed by atoms with Crippen LogP contribution in [0.2, 0.25) is 0 Å². The summed E-state index contributed by atoms with van der Waals surface area (Å²) in [7, 11) is 1.45. The lowest BCUT2D eigenvalue weighted by atomic mass is 10.0. The molecular weight excluding hydrogens is 331 g/mol. The van der Waals surface area contributed by atoms with Crippen molar-refractivity contribution in [2.75, 3.05) is 5.32 Å². The molecule has 0 spiro atoms. The third-order valence-corrected chi connectivity index (χ3v) is 3.65. The van der Waals surface area contributed by atoms with Crippen LogP contribution in [-0.2, 0) is 7.05 Å². The molecule has 2 aromatic carbocycles. The number of aromatic nitrogens is 2. The molecule has 0 saturated carbocycles. The van der Waals surface area contributed by atoms with Crippen LogP contribution in [0.4, 0.5) is 18.9 Å². The lowest BCUT2D eigenvalue weighted by Gasteiger charge is -2.12. The first kappa shape index (κ1) is 16.8. The van der Waals surface area contributed by atoms with Gasteiger partial charge >= 0.3 is 0 Å². The molecule has 3 rings (SSSR count). The number of halogens is 3. The van der Waals surface area contributed by atoms with Gasteiger partial charge in [-0.1, -0.05) is 36.4 Å². The molecule has 128 valence electrons. The number of nitrogens with one attached hydrogen (secondary N) is 1. The third-order valence-electron chi connectivity index (χ3n) is 3.65. The fraction of sp³-hybridized carbons (Fsp3) is 0.111. The second-order valence-corrected chi connectivity index (χ2v) is 5.38. The van der Waals surface area contributed by atoms with Crippen LogP contribution in [0, 0.1) is 5.82 Å². The van der Waals surface area contributed by atoms with Crippen molar-refractivity contribution in [3.8, 4) is 11.1 Å². The third kappa shape index (κ3) is 3.40. The van der Waals surface area contributed by atoms with E-state index in [1.54, 1.807) is 42.5 Å². The Hall–Kier alpha value is -3.09. The molecule has 4 nitrogen and oxygen atoms in total. The lowest BCUT2D eigenvalue weighted by Crippen LogP contribution is -2.14. The van der Waals surface area contributed by atoms with Crippen molar-refractivity contribution in [2.24, 2.45) is 7.05 Å². The standard InChI is InChI=1S/C18H14F3N3O/c1-24-10-13(16(23-24)17(20)21)18(25)22-15-9-5-3-7-12(15)11-6-2-4-8-14(11)19/h2-10,17H,1H3,(H,22,25). The maximum Gasteiger partial charge on any atom is 0.282 e. The van der Waals surface area contributed by atoms with E-state index >= 15 is 0 Å². The molecule has 0 aliphatic heterocycles. The quantitative estimate of drug-likeness (QED) is 0.761. The number of hydrogen-bond donors (Lipinski definition) is 1. The molecule has 7 heteroatoms. The summed E-state index contributed by atoms with van der Waals surface area (Å²) >= 11 is 0. The van der Waals surface area contributed by atoms with Gasteiger partial charge in [0.15, 0.2) is 0 Å². The van der Waals surface area contributed by atoms with Crippen molar-refractivity contribution in [3.05, 3.63) is 71.8 Å². The molecule has 25 heavy (non-hydrogen) atoms. The van der Waals surface area contributed by atoms with Crippen LogP contribution in [0.3, 0.4) is 0 Å². The first-order chi connectivity index (χ1) is 12.0. The summed E-state index contributed by atoms with van der Waals surface area (Å²) in [6.45, 7) is 0. The number of amides is 1. The number of carbonyl (C=O) groups is 1. The zero-order chi connectivity index (χ0) is 18.0. The topological polar surface area (TPSA) is 46.9 Å². The van der Waals surface area contributed by atoms with E-state index in [9.17, 15) is 18.0 Å². The minimum absolute atomic E-state index is 0.221. The first-order valence-electron chi connectivity index (χ1n) is 7.44. The molecule has 0 atom stereocenters. The van der Waals surface area contributed by atoms with Gasteiger partial charge in [0.2, 0.25) is 0 Å². The molecule has 1 amide bonds. The van der Waals surface area contributed by atoms with Gasteiger partial charge in [0, 0.05) is 30.1 Å². The van der Waals surface area contributed by atoms with Gasteiger partial charge in [0.25, 0.3) is 12.3 Å². The van der Waals surface area contributed by atoms with E-state index in [0.29, 0.717) is 16.8 Å². The van der Waals surface area contributed by atoms with Gasteiger partial charge in [-0.15, -0.1) is 0 Å². The summed E-state index contributed by atoms with van der Waals surface area (Å²) in [4.78, 5) is 12.4. The van der Waals surface area contributed by atoms with Crippen LogP contribution in [0.5, 0.6) is 0 Å². The van der Waals surface area contributed by atoms with E-state index in [1.165, 1.54) is 19.3 Å². The number of anilines is 1. The van der Waals surface area contributed by atoms with Gasteiger partial charge in [-0.25, -0.2) is 13.2 Å². The number of hydrogen-bond acceptors (Lipinski definition) is 2. The Morgan fingerprint density at radius 1 is 1.08 bits per heavy atom. The molecule has 3 aromatic rings. The Labute approximate surface area is 141 Å². The SMILES string of the molecule is Cn1cc(C(=O)Nc2ccccc2-c2ccccc2F)c(C(F)F)n1. The molecule has 0 fully saturated rings. The summed E-state index contributed by atoms with van der Waals surface area (Å²) in [5.74, 6) is -1.17. The van der Waals surface area contributed by atoms with Gasteiger partial charge in [-0.05, 0) is 12.1 Å². The highest BCUT2D eigenvalue weighted by molar-refractivity contribution is 6.06. The molecule has 0 bridgehead atoms. The zero-order valence-corrected chi connectivity index (χ0v) is 13.2. The van der Waals surface area contributed by atoms with Crippen molar-refractivity contribution >= 4 is 11.6 Å². The smallest absolute Gasteiger partial charge is 0.282 e. The van der Waals surface area contributed by atoms with Crippen molar-refractivity contribution < 1.29 is 18.0 Å². The molecule has 0 aliphatic carbocycles. The molecule has 1 heterocycles. The predicted octanol–water partition coefficient (Wildman–Crippen LogP) is 4.42. The largest absolute Gasteiger partial charge is 0.321 e. The average molecular weight is 345 g/mol. The highest BCUT2D eigenvalue weighted by atomic mass is 19.3. The normalized spacial score (nSPS) is 10.9. The second kappa shape index (κ2) is 6.80. The Morgan fingerprint density at radius 3 is 2.40 bits per heavy atom. The summed E-state index contributed by atoms with van der Waals surface area (Å²) in [5.41, 5.74) is 0.265. The molecular formula is C18H14F3N3O. The molecule has 1 N–H and O–H groups in total. The molecule has 0 aliphatic rings. The summed E-state index contributed by atoms with van der Waals surface area (Å²) in [5, 5.41) is 6.18. The summed E-state index contributed by atoms with van der Waals surface area (Å²) < 4.78 is 41.3. The predicted molar refractivity (Wildman–Crippen MR) is 88.0 cm³/mol. The van der Waals surface area contributed by atoms with E-state index in [-0.39, 0.29) is 5.56 Å². The maximum absolute atomic E-state index is 14.1. The molecule has 0 radical (unpaired) electrons. The Kier molecular flexibility index (Phi) is 4.56. The fourth-order valence-corrected chi connectivity index (χ4v) is 2.54. The van der Waals surface area contributed by atoms with Crippen molar-refractivity contribution in [2.45, 2.75) is 6.43 Å². The van der Waals surface area contributed by atoms with Crippen LogP contribution in [0.15, 0.2) is 54.7 Å². The van der Waals surface area contributed by atoms with Crippen LogP contribution in [0.25, 0.3) is 11.1 Å². The number of aryl methyl sites for hydroxylation is 1. The Morgan fingerprint density at radius 2 is 1.72 bits per heavy atom. The van der Waals surface area contributed by atoms with Crippen LogP contribution < -0.4 is 5.32 Å².